The minimum absolute atomic E-state index is 0.00875. The van der Waals surface area contributed by atoms with Crippen molar-refractivity contribution < 1.29 is 18.0 Å². The lowest BCUT2D eigenvalue weighted by Gasteiger charge is -2.34. The fourth-order valence-electron chi connectivity index (χ4n) is 4.01. The van der Waals surface area contributed by atoms with E-state index in [0.29, 0.717) is 25.8 Å². The molecule has 0 unspecified atom stereocenters. The molecule has 0 spiro atoms. The summed E-state index contributed by atoms with van der Waals surface area (Å²) in [7, 11) is -3.85. The molecule has 0 saturated carbocycles. The fourth-order valence-corrected chi connectivity index (χ4v) is 5.56. The average molecular weight is 655 g/mol. The zero-order valence-corrected chi connectivity index (χ0v) is 25.7. The van der Waals surface area contributed by atoms with Crippen LogP contribution in [-0.2, 0) is 32.6 Å². The Morgan fingerprint density at radius 3 is 2.21 bits per heavy atom. The molecule has 3 rings (SSSR count). The second-order valence-corrected chi connectivity index (χ2v) is 13.0. The van der Waals surface area contributed by atoms with Crippen molar-refractivity contribution in [3.05, 3.63) is 98.4 Å². The van der Waals surface area contributed by atoms with E-state index in [4.69, 9.17) is 23.2 Å². The molecule has 0 aliphatic carbocycles. The van der Waals surface area contributed by atoms with Gasteiger partial charge >= 0.3 is 0 Å². The maximum atomic E-state index is 14.0. The van der Waals surface area contributed by atoms with E-state index in [1.165, 1.54) is 4.90 Å². The van der Waals surface area contributed by atoms with Gasteiger partial charge in [0, 0.05) is 23.5 Å². The summed E-state index contributed by atoms with van der Waals surface area (Å²) >= 11 is 15.7. The molecule has 0 aliphatic heterocycles. The normalized spacial score (nSPS) is 12.2. The first kappa shape index (κ1) is 30.9. The summed E-state index contributed by atoms with van der Waals surface area (Å²) in [4.78, 5) is 28.9. The third-order valence-corrected chi connectivity index (χ3v) is 8.19. The van der Waals surface area contributed by atoms with Crippen LogP contribution in [0.4, 0.5) is 5.69 Å². The van der Waals surface area contributed by atoms with E-state index >= 15 is 0 Å². The van der Waals surface area contributed by atoms with Gasteiger partial charge in [0.05, 0.1) is 22.0 Å². The van der Waals surface area contributed by atoms with Crippen LogP contribution in [0.15, 0.2) is 77.3 Å². The Morgan fingerprint density at radius 2 is 1.62 bits per heavy atom. The summed E-state index contributed by atoms with van der Waals surface area (Å²) in [5.74, 6) is -0.901. The van der Waals surface area contributed by atoms with Crippen molar-refractivity contribution >= 4 is 66.7 Å². The molecule has 3 aromatic carbocycles. The van der Waals surface area contributed by atoms with Gasteiger partial charge in [-0.1, -0.05) is 81.6 Å². The molecule has 1 N–H and O–H groups in total. The number of sulfonamides is 1. The van der Waals surface area contributed by atoms with Crippen molar-refractivity contribution in [2.24, 2.45) is 0 Å². The maximum absolute atomic E-state index is 14.0. The van der Waals surface area contributed by atoms with Gasteiger partial charge in [-0.15, -0.1) is 0 Å². The van der Waals surface area contributed by atoms with Gasteiger partial charge in [-0.3, -0.25) is 13.9 Å². The van der Waals surface area contributed by atoms with E-state index < -0.39 is 28.5 Å². The molecule has 0 radical (unpaired) electrons. The van der Waals surface area contributed by atoms with Crippen LogP contribution in [0.1, 0.15) is 25.0 Å². The zero-order chi connectivity index (χ0) is 28.7. The van der Waals surface area contributed by atoms with Gasteiger partial charge in [0.2, 0.25) is 21.8 Å². The third kappa shape index (κ3) is 8.96. The molecule has 7 nitrogen and oxygen atoms in total. The van der Waals surface area contributed by atoms with Crippen LogP contribution in [0, 0.1) is 0 Å². The Balaban J connectivity index is 2.07. The second-order valence-electron chi connectivity index (χ2n) is 9.39. The minimum Gasteiger partial charge on any atom is -0.352 e. The van der Waals surface area contributed by atoms with Crippen LogP contribution >= 0.6 is 39.1 Å². The monoisotopic (exact) mass is 653 g/mol. The largest absolute Gasteiger partial charge is 0.352 e. The van der Waals surface area contributed by atoms with Crippen molar-refractivity contribution in [2.45, 2.75) is 38.9 Å². The molecule has 1 atom stereocenters. The number of halogens is 3. The number of carbonyl (C=O) groups excluding carboxylic acids is 2. The molecule has 0 saturated heterocycles. The number of nitrogens with zero attached hydrogens (tertiary/aromatic N) is 2. The molecule has 208 valence electrons. The molecule has 0 bridgehead atoms. The topological polar surface area (TPSA) is 86.8 Å². The molecular formula is C28H30BrCl2N3O4S. The zero-order valence-electron chi connectivity index (χ0n) is 21.8. The predicted molar refractivity (Wildman–Crippen MR) is 161 cm³/mol. The average Bonchev–Trinajstić information content (AvgIpc) is 2.86. The first-order valence-corrected chi connectivity index (χ1v) is 15.6. The summed E-state index contributed by atoms with van der Waals surface area (Å²) < 4.78 is 27.3. The summed E-state index contributed by atoms with van der Waals surface area (Å²) in [6, 6.07) is 19.9. The van der Waals surface area contributed by atoms with Gasteiger partial charge in [0.1, 0.15) is 12.6 Å². The first-order valence-electron chi connectivity index (χ1n) is 12.2. The Hall–Kier alpha value is -2.59. The highest BCUT2D eigenvalue weighted by molar-refractivity contribution is 9.10. The summed E-state index contributed by atoms with van der Waals surface area (Å²) in [5.41, 5.74) is 1.81. The third-order valence-electron chi connectivity index (χ3n) is 5.81. The van der Waals surface area contributed by atoms with Crippen LogP contribution < -0.4 is 9.62 Å². The molecule has 0 heterocycles. The van der Waals surface area contributed by atoms with E-state index in [1.807, 2.05) is 44.2 Å². The minimum atomic E-state index is -3.85. The number of anilines is 1. The van der Waals surface area contributed by atoms with Crippen molar-refractivity contribution in [1.29, 1.82) is 0 Å². The summed E-state index contributed by atoms with van der Waals surface area (Å²) in [6.45, 7) is 3.17. The standard InChI is InChI=1S/C28H30BrCl2N3O4S/c1-19(2)32-28(36)26(15-20-8-5-4-6-9-20)33(17-21-12-13-24(30)25(31)14-21)27(35)18-34(39(3,37)38)23-11-7-10-22(29)16-23/h4-14,16,19,26H,15,17-18H2,1-3H3,(H,32,36)/t26-/m0/s1. The van der Waals surface area contributed by atoms with Crippen molar-refractivity contribution in [3.8, 4) is 0 Å². The molecular weight excluding hydrogens is 625 g/mol. The number of rotatable bonds is 11. The molecule has 0 aliphatic rings. The highest BCUT2D eigenvalue weighted by Gasteiger charge is 2.33. The van der Waals surface area contributed by atoms with Crippen LogP contribution in [0.2, 0.25) is 10.0 Å². The lowest BCUT2D eigenvalue weighted by molar-refractivity contribution is -0.140. The smallest absolute Gasteiger partial charge is 0.244 e. The predicted octanol–water partition coefficient (Wildman–Crippen LogP) is 5.69. The molecule has 2 amide bonds. The van der Waals surface area contributed by atoms with Gasteiger partial charge < -0.3 is 10.2 Å². The molecule has 0 aromatic heterocycles. The van der Waals surface area contributed by atoms with E-state index in [2.05, 4.69) is 21.2 Å². The Kier molecular flexibility index (Phi) is 10.8. The molecule has 39 heavy (non-hydrogen) atoms. The van der Waals surface area contributed by atoms with Crippen LogP contribution in [0.25, 0.3) is 0 Å². The number of hydrogen-bond donors (Lipinski definition) is 1. The summed E-state index contributed by atoms with van der Waals surface area (Å²) in [6.07, 6.45) is 1.26. The maximum Gasteiger partial charge on any atom is 0.244 e. The van der Waals surface area contributed by atoms with Crippen LogP contribution in [-0.4, -0.2) is 50.0 Å². The fraction of sp³-hybridized carbons (Fsp3) is 0.286. The summed E-state index contributed by atoms with van der Waals surface area (Å²) in [5, 5.41) is 3.57. The highest BCUT2D eigenvalue weighted by atomic mass is 79.9. The lowest BCUT2D eigenvalue weighted by Crippen LogP contribution is -2.54. The number of benzene rings is 3. The van der Waals surface area contributed by atoms with Gasteiger partial charge in [0.25, 0.3) is 0 Å². The van der Waals surface area contributed by atoms with E-state index in [1.54, 1.807) is 42.5 Å². The SMILES string of the molecule is CC(C)NC(=O)[C@H](Cc1ccccc1)N(Cc1ccc(Cl)c(Cl)c1)C(=O)CN(c1cccc(Br)c1)S(C)(=O)=O. The van der Waals surface area contributed by atoms with Crippen molar-refractivity contribution in [2.75, 3.05) is 17.1 Å². The van der Waals surface area contributed by atoms with Gasteiger partial charge in [-0.2, -0.15) is 0 Å². The van der Waals surface area contributed by atoms with E-state index in [-0.39, 0.29) is 24.9 Å². The van der Waals surface area contributed by atoms with Crippen molar-refractivity contribution in [1.82, 2.24) is 10.2 Å². The number of amides is 2. The van der Waals surface area contributed by atoms with Crippen LogP contribution in [0.3, 0.4) is 0 Å². The van der Waals surface area contributed by atoms with Crippen molar-refractivity contribution in [3.63, 3.8) is 0 Å². The Labute approximate surface area is 248 Å². The second kappa shape index (κ2) is 13.7. The molecule has 11 heteroatoms. The van der Waals surface area contributed by atoms with E-state index in [9.17, 15) is 18.0 Å². The highest BCUT2D eigenvalue weighted by Crippen LogP contribution is 2.26. The molecule has 0 fully saturated rings. The van der Waals surface area contributed by atoms with Crippen LogP contribution in [0.5, 0.6) is 0 Å². The van der Waals surface area contributed by atoms with E-state index in [0.717, 1.165) is 16.1 Å². The number of nitrogens with one attached hydrogen (secondary N) is 1. The Bertz CT molecular complexity index is 1420. The van der Waals surface area contributed by atoms with Gasteiger partial charge in [-0.05, 0) is 55.3 Å². The quantitative estimate of drug-likeness (QED) is 0.288. The van der Waals surface area contributed by atoms with Gasteiger partial charge in [-0.25, -0.2) is 8.42 Å². The Morgan fingerprint density at radius 1 is 0.923 bits per heavy atom. The number of hydrogen-bond acceptors (Lipinski definition) is 4. The lowest BCUT2D eigenvalue weighted by atomic mass is 10.0. The first-order chi connectivity index (χ1) is 18.3. The number of carbonyl (C=O) groups is 2. The van der Waals surface area contributed by atoms with Gasteiger partial charge in [0.15, 0.2) is 0 Å². The molecule has 3 aromatic rings.